The lowest BCUT2D eigenvalue weighted by molar-refractivity contribution is -0.384. The van der Waals surface area contributed by atoms with E-state index in [2.05, 4.69) is 16.0 Å². The van der Waals surface area contributed by atoms with Gasteiger partial charge in [-0.15, -0.1) is 0 Å². The molecule has 3 rings (SSSR count). The summed E-state index contributed by atoms with van der Waals surface area (Å²) in [5.74, 6) is 0.722. The van der Waals surface area contributed by atoms with Crippen molar-refractivity contribution in [3.05, 3.63) is 81.2 Å². The fraction of sp³-hybridized carbons (Fsp3) is 0.158. The second-order valence-electron chi connectivity index (χ2n) is 5.97. The minimum atomic E-state index is -0.530. The SMILES string of the molecule is Cc1noc(C)c1COc1cccc(C(=O)NNc2ccccc2[N+](=O)[O-])c1. The maximum atomic E-state index is 12.4. The molecule has 9 heteroatoms. The van der Waals surface area contributed by atoms with E-state index >= 15 is 0 Å². The lowest BCUT2D eigenvalue weighted by atomic mass is 10.2. The highest BCUT2D eigenvalue weighted by atomic mass is 16.6. The van der Waals surface area contributed by atoms with Gasteiger partial charge in [-0.05, 0) is 38.1 Å². The van der Waals surface area contributed by atoms with Crippen molar-refractivity contribution in [2.24, 2.45) is 0 Å². The van der Waals surface area contributed by atoms with Crippen LogP contribution in [0.15, 0.2) is 53.1 Å². The maximum absolute atomic E-state index is 12.4. The molecule has 1 heterocycles. The van der Waals surface area contributed by atoms with Crippen molar-refractivity contribution in [1.82, 2.24) is 10.6 Å². The van der Waals surface area contributed by atoms with Gasteiger partial charge in [0.15, 0.2) is 0 Å². The molecular weight excluding hydrogens is 364 g/mol. The van der Waals surface area contributed by atoms with Crippen LogP contribution in [-0.2, 0) is 6.61 Å². The van der Waals surface area contributed by atoms with Gasteiger partial charge < -0.3 is 9.26 Å². The molecule has 1 amide bonds. The number of para-hydroxylation sites is 2. The molecule has 0 saturated carbocycles. The second kappa shape index (κ2) is 8.21. The number of nitro benzene ring substituents is 1. The van der Waals surface area contributed by atoms with E-state index in [1.165, 1.54) is 12.1 Å². The molecule has 0 aliphatic rings. The van der Waals surface area contributed by atoms with Crippen LogP contribution in [0.25, 0.3) is 0 Å². The Morgan fingerprint density at radius 3 is 2.71 bits per heavy atom. The Labute approximate surface area is 160 Å². The molecule has 0 unspecified atom stereocenters. The molecule has 0 bridgehead atoms. The van der Waals surface area contributed by atoms with Crippen LogP contribution < -0.4 is 15.6 Å². The molecule has 2 aromatic carbocycles. The number of aromatic nitrogens is 1. The minimum Gasteiger partial charge on any atom is -0.489 e. The van der Waals surface area contributed by atoms with Crippen LogP contribution in [0.3, 0.4) is 0 Å². The highest BCUT2D eigenvalue weighted by Crippen LogP contribution is 2.22. The second-order valence-corrected chi connectivity index (χ2v) is 5.97. The Kier molecular flexibility index (Phi) is 5.54. The molecule has 0 saturated heterocycles. The number of hydrogen-bond donors (Lipinski definition) is 2. The number of anilines is 1. The molecule has 9 nitrogen and oxygen atoms in total. The van der Waals surface area contributed by atoms with Crippen LogP contribution in [0.1, 0.15) is 27.4 Å². The molecule has 28 heavy (non-hydrogen) atoms. The van der Waals surface area contributed by atoms with E-state index in [1.807, 2.05) is 6.92 Å². The monoisotopic (exact) mass is 382 g/mol. The molecule has 2 N–H and O–H groups in total. The highest BCUT2D eigenvalue weighted by Gasteiger charge is 2.14. The lowest BCUT2D eigenvalue weighted by Crippen LogP contribution is -2.29. The number of nitrogens with one attached hydrogen (secondary N) is 2. The van der Waals surface area contributed by atoms with Gasteiger partial charge in [0.2, 0.25) is 0 Å². The van der Waals surface area contributed by atoms with Crippen LogP contribution >= 0.6 is 0 Å². The first-order chi connectivity index (χ1) is 13.5. The molecule has 0 aliphatic carbocycles. The van der Waals surface area contributed by atoms with Crippen LogP contribution in [-0.4, -0.2) is 16.0 Å². The van der Waals surface area contributed by atoms with Gasteiger partial charge in [0.1, 0.15) is 23.8 Å². The van der Waals surface area contributed by atoms with E-state index in [-0.39, 0.29) is 18.0 Å². The van der Waals surface area contributed by atoms with Crippen LogP contribution in [0.2, 0.25) is 0 Å². The van der Waals surface area contributed by atoms with Crippen LogP contribution in [0.4, 0.5) is 11.4 Å². The summed E-state index contributed by atoms with van der Waals surface area (Å²) < 4.78 is 10.8. The standard InChI is InChI=1S/C19H18N4O5/c1-12-16(13(2)28-22-12)11-27-15-7-5-6-14(10-15)19(24)21-20-17-8-3-4-9-18(17)23(25)26/h3-10,20H,11H2,1-2H3,(H,21,24). The summed E-state index contributed by atoms with van der Waals surface area (Å²) in [5, 5.41) is 14.9. The van der Waals surface area contributed by atoms with Gasteiger partial charge in [-0.3, -0.25) is 25.8 Å². The maximum Gasteiger partial charge on any atom is 0.294 e. The molecular formula is C19H18N4O5. The van der Waals surface area contributed by atoms with E-state index in [4.69, 9.17) is 9.26 Å². The zero-order valence-electron chi connectivity index (χ0n) is 15.3. The fourth-order valence-corrected chi connectivity index (χ4v) is 2.53. The molecule has 0 fully saturated rings. The first-order valence-electron chi connectivity index (χ1n) is 8.40. The number of ether oxygens (including phenoxy) is 1. The van der Waals surface area contributed by atoms with Crippen molar-refractivity contribution in [1.29, 1.82) is 0 Å². The Hall–Kier alpha value is -3.88. The summed E-state index contributed by atoms with van der Waals surface area (Å²) >= 11 is 0. The molecule has 144 valence electrons. The number of carbonyl (C=O) groups excluding carboxylic acids is 1. The quantitative estimate of drug-likeness (QED) is 0.474. The summed E-state index contributed by atoms with van der Waals surface area (Å²) in [7, 11) is 0. The van der Waals surface area contributed by atoms with E-state index in [9.17, 15) is 14.9 Å². The van der Waals surface area contributed by atoms with Crippen molar-refractivity contribution in [2.75, 3.05) is 5.43 Å². The van der Waals surface area contributed by atoms with Crippen molar-refractivity contribution in [3.8, 4) is 5.75 Å². The molecule has 1 aromatic heterocycles. The molecule has 0 radical (unpaired) electrons. The number of amides is 1. The van der Waals surface area contributed by atoms with E-state index in [1.54, 1.807) is 43.3 Å². The summed E-state index contributed by atoms with van der Waals surface area (Å²) in [4.78, 5) is 22.9. The van der Waals surface area contributed by atoms with E-state index in [0.29, 0.717) is 17.1 Å². The van der Waals surface area contributed by atoms with Gasteiger partial charge in [0.05, 0.1) is 16.2 Å². The Morgan fingerprint density at radius 1 is 1.21 bits per heavy atom. The third-order valence-corrected chi connectivity index (χ3v) is 4.07. The van der Waals surface area contributed by atoms with Gasteiger partial charge in [-0.1, -0.05) is 23.4 Å². The first kappa shape index (κ1) is 18.9. The Balaban J connectivity index is 1.65. The van der Waals surface area contributed by atoms with Crippen LogP contribution in [0.5, 0.6) is 5.75 Å². The largest absolute Gasteiger partial charge is 0.489 e. The van der Waals surface area contributed by atoms with E-state index < -0.39 is 10.8 Å². The summed E-state index contributed by atoms with van der Waals surface area (Å²) in [6.07, 6.45) is 0. The predicted octanol–water partition coefficient (Wildman–Crippen LogP) is 3.54. The van der Waals surface area contributed by atoms with Gasteiger partial charge in [-0.25, -0.2) is 0 Å². The van der Waals surface area contributed by atoms with Crippen LogP contribution in [0, 0.1) is 24.0 Å². The number of aryl methyl sites for hydroxylation is 2. The third kappa shape index (κ3) is 4.26. The number of benzene rings is 2. The normalized spacial score (nSPS) is 10.4. The Bertz CT molecular complexity index is 996. The van der Waals surface area contributed by atoms with Crippen molar-refractivity contribution >= 4 is 17.3 Å². The summed E-state index contributed by atoms with van der Waals surface area (Å²) in [5.41, 5.74) is 7.02. The van der Waals surface area contributed by atoms with Crippen molar-refractivity contribution in [2.45, 2.75) is 20.5 Å². The molecule has 0 aliphatic heterocycles. The average molecular weight is 382 g/mol. The lowest BCUT2D eigenvalue weighted by Gasteiger charge is -2.10. The smallest absolute Gasteiger partial charge is 0.294 e. The van der Waals surface area contributed by atoms with Crippen molar-refractivity contribution in [3.63, 3.8) is 0 Å². The predicted molar refractivity (Wildman–Crippen MR) is 101 cm³/mol. The summed E-state index contributed by atoms with van der Waals surface area (Å²) in [6.45, 7) is 3.89. The Morgan fingerprint density at radius 2 is 2.00 bits per heavy atom. The van der Waals surface area contributed by atoms with Crippen molar-refractivity contribution < 1.29 is 19.0 Å². The summed E-state index contributed by atoms with van der Waals surface area (Å²) in [6, 6.07) is 12.6. The number of hydrogen-bond acceptors (Lipinski definition) is 7. The first-order valence-corrected chi connectivity index (χ1v) is 8.40. The molecule has 0 atom stereocenters. The zero-order chi connectivity index (χ0) is 20.1. The number of carbonyl (C=O) groups is 1. The highest BCUT2D eigenvalue weighted by molar-refractivity contribution is 5.95. The minimum absolute atomic E-state index is 0.139. The number of rotatable bonds is 7. The fourth-order valence-electron chi connectivity index (χ4n) is 2.53. The van der Waals surface area contributed by atoms with E-state index in [0.717, 1.165) is 11.3 Å². The molecule has 0 spiro atoms. The number of nitrogens with zero attached hydrogens (tertiary/aromatic N) is 2. The van der Waals surface area contributed by atoms with Gasteiger partial charge in [0.25, 0.3) is 11.6 Å². The van der Waals surface area contributed by atoms with Gasteiger partial charge in [0, 0.05) is 11.6 Å². The zero-order valence-corrected chi connectivity index (χ0v) is 15.3. The third-order valence-electron chi connectivity index (χ3n) is 4.07. The molecule has 3 aromatic rings. The topological polar surface area (TPSA) is 120 Å². The average Bonchev–Trinajstić information content (AvgIpc) is 3.02. The number of hydrazine groups is 1. The van der Waals surface area contributed by atoms with Gasteiger partial charge in [-0.2, -0.15) is 0 Å². The van der Waals surface area contributed by atoms with Gasteiger partial charge >= 0.3 is 0 Å². The number of nitro groups is 1.